The van der Waals surface area contributed by atoms with Crippen molar-refractivity contribution in [3.63, 3.8) is 0 Å². The summed E-state index contributed by atoms with van der Waals surface area (Å²) in [4.78, 5) is 12.0. The van der Waals surface area contributed by atoms with Gasteiger partial charge in [0.15, 0.2) is 0 Å². The quantitative estimate of drug-likeness (QED) is 0.639. The minimum absolute atomic E-state index is 0.171. The molecule has 2 aromatic rings. The molecule has 0 saturated carbocycles. The molecule has 0 spiro atoms. The lowest BCUT2D eigenvalue weighted by Gasteiger charge is -2.09. The number of halogens is 1. The highest BCUT2D eigenvalue weighted by molar-refractivity contribution is 9.10. The van der Waals surface area contributed by atoms with Crippen LogP contribution in [0.2, 0.25) is 0 Å². The van der Waals surface area contributed by atoms with Crippen LogP contribution < -0.4 is 11.1 Å². The van der Waals surface area contributed by atoms with Crippen LogP contribution in [0.5, 0.6) is 11.5 Å². The van der Waals surface area contributed by atoms with E-state index in [1.165, 1.54) is 18.2 Å². The summed E-state index contributed by atoms with van der Waals surface area (Å²) in [5.41, 5.74) is 6.51. The van der Waals surface area contributed by atoms with Gasteiger partial charge in [0.1, 0.15) is 17.1 Å². The first-order valence-corrected chi connectivity index (χ1v) is 6.15. The van der Waals surface area contributed by atoms with Crippen LogP contribution >= 0.6 is 15.9 Å². The van der Waals surface area contributed by atoms with Crippen molar-refractivity contribution >= 4 is 33.2 Å². The number of phenols is 2. The Bertz CT molecular complexity index is 624. The Morgan fingerprint density at radius 1 is 1.16 bits per heavy atom. The Balaban J connectivity index is 2.28. The fraction of sp³-hybridized carbons (Fsp3) is 0. The second-order valence-corrected chi connectivity index (χ2v) is 4.72. The number of aromatic hydroxyl groups is 2. The van der Waals surface area contributed by atoms with E-state index in [9.17, 15) is 15.0 Å². The summed E-state index contributed by atoms with van der Waals surface area (Å²) in [6, 6.07) is 8.98. The van der Waals surface area contributed by atoms with Gasteiger partial charge in [-0.3, -0.25) is 4.79 Å². The van der Waals surface area contributed by atoms with Crippen molar-refractivity contribution < 1.29 is 15.0 Å². The fourth-order valence-corrected chi connectivity index (χ4v) is 1.94. The first kappa shape index (κ1) is 13.2. The first-order valence-electron chi connectivity index (χ1n) is 5.36. The van der Waals surface area contributed by atoms with Gasteiger partial charge in [0.25, 0.3) is 5.91 Å². The molecule has 98 valence electrons. The average molecular weight is 323 g/mol. The zero-order valence-electron chi connectivity index (χ0n) is 9.72. The third-order valence-corrected chi connectivity index (χ3v) is 3.19. The summed E-state index contributed by atoms with van der Waals surface area (Å²) in [5, 5.41) is 21.7. The molecule has 5 N–H and O–H groups in total. The van der Waals surface area contributed by atoms with Crippen LogP contribution in [-0.4, -0.2) is 16.1 Å². The van der Waals surface area contributed by atoms with Crippen molar-refractivity contribution in [2.45, 2.75) is 0 Å². The molecule has 5 nitrogen and oxygen atoms in total. The van der Waals surface area contributed by atoms with E-state index in [2.05, 4.69) is 21.2 Å². The minimum atomic E-state index is -0.604. The number of carbonyl (C=O) groups excluding carboxylic acids is 1. The molecule has 1 amide bonds. The van der Waals surface area contributed by atoms with Gasteiger partial charge in [-0.25, -0.2) is 0 Å². The minimum Gasteiger partial charge on any atom is -0.507 e. The average Bonchev–Trinajstić information content (AvgIpc) is 2.33. The number of hydrogen-bond donors (Lipinski definition) is 4. The molecule has 0 fully saturated rings. The summed E-state index contributed by atoms with van der Waals surface area (Å²) in [6.07, 6.45) is 0. The number of rotatable bonds is 2. The van der Waals surface area contributed by atoms with Gasteiger partial charge in [-0.05, 0) is 46.3 Å². The summed E-state index contributed by atoms with van der Waals surface area (Å²) in [7, 11) is 0. The van der Waals surface area contributed by atoms with Gasteiger partial charge in [0, 0.05) is 15.8 Å². The molecule has 6 heteroatoms. The van der Waals surface area contributed by atoms with Crippen LogP contribution in [0.15, 0.2) is 40.9 Å². The highest BCUT2D eigenvalue weighted by Crippen LogP contribution is 2.28. The van der Waals surface area contributed by atoms with Crippen LogP contribution in [0.25, 0.3) is 0 Å². The lowest BCUT2D eigenvalue weighted by Crippen LogP contribution is -2.12. The summed E-state index contributed by atoms with van der Waals surface area (Å²) < 4.78 is 0.645. The van der Waals surface area contributed by atoms with Crippen molar-refractivity contribution in [3.8, 4) is 11.5 Å². The normalized spacial score (nSPS) is 10.2. The summed E-state index contributed by atoms with van der Waals surface area (Å²) in [6.45, 7) is 0. The molecule has 0 aliphatic heterocycles. The van der Waals surface area contributed by atoms with Gasteiger partial charge in [0.05, 0.1) is 0 Å². The molecule has 2 aromatic carbocycles. The Morgan fingerprint density at radius 3 is 2.37 bits per heavy atom. The molecular formula is C13H11BrN2O3. The molecule has 0 heterocycles. The van der Waals surface area contributed by atoms with Crippen LogP contribution in [0.3, 0.4) is 0 Å². The Labute approximate surface area is 117 Å². The molecule has 0 aliphatic rings. The van der Waals surface area contributed by atoms with Gasteiger partial charge in [-0.15, -0.1) is 0 Å². The zero-order valence-corrected chi connectivity index (χ0v) is 11.3. The third kappa shape index (κ3) is 2.79. The predicted octanol–water partition coefficient (Wildman–Crippen LogP) is 2.69. The maximum absolute atomic E-state index is 12.0. The molecular weight excluding hydrogens is 312 g/mol. The lowest BCUT2D eigenvalue weighted by atomic mass is 10.1. The number of carbonyl (C=O) groups is 1. The predicted molar refractivity (Wildman–Crippen MR) is 76.3 cm³/mol. The van der Waals surface area contributed by atoms with Crippen molar-refractivity contribution in [1.29, 1.82) is 0 Å². The highest BCUT2D eigenvalue weighted by atomic mass is 79.9. The standard InChI is InChI=1S/C13H11BrN2O3/c14-8-6-7(4-5-9(8)15)16-13(19)12-10(17)2-1-3-11(12)18/h1-6,17-18H,15H2,(H,16,19). The number of phenolic OH excluding ortho intramolecular Hbond substituents is 2. The highest BCUT2D eigenvalue weighted by Gasteiger charge is 2.16. The van der Waals surface area contributed by atoms with Crippen molar-refractivity contribution in [2.24, 2.45) is 0 Å². The number of nitrogen functional groups attached to an aromatic ring is 1. The Morgan fingerprint density at radius 2 is 1.79 bits per heavy atom. The number of anilines is 2. The van der Waals surface area contributed by atoms with Gasteiger partial charge >= 0.3 is 0 Å². The second kappa shape index (κ2) is 5.19. The van der Waals surface area contributed by atoms with Crippen LogP contribution in [0.4, 0.5) is 11.4 Å². The molecule has 19 heavy (non-hydrogen) atoms. The maximum atomic E-state index is 12.0. The molecule has 0 unspecified atom stereocenters. The maximum Gasteiger partial charge on any atom is 0.263 e. The molecule has 2 rings (SSSR count). The van der Waals surface area contributed by atoms with E-state index in [0.29, 0.717) is 15.8 Å². The van der Waals surface area contributed by atoms with Crippen LogP contribution in [0, 0.1) is 0 Å². The van der Waals surface area contributed by atoms with Crippen molar-refractivity contribution in [1.82, 2.24) is 0 Å². The smallest absolute Gasteiger partial charge is 0.263 e. The largest absolute Gasteiger partial charge is 0.507 e. The number of amides is 1. The Kier molecular flexibility index (Phi) is 3.62. The molecule has 0 bridgehead atoms. The van der Waals surface area contributed by atoms with Crippen molar-refractivity contribution in [3.05, 3.63) is 46.4 Å². The fourth-order valence-electron chi connectivity index (χ4n) is 1.56. The number of hydrogen-bond acceptors (Lipinski definition) is 4. The monoisotopic (exact) mass is 322 g/mol. The number of nitrogens with one attached hydrogen (secondary N) is 1. The third-order valence-electron chi connectivity index (χ3n) is 2.51. The van der Waals surface area contributed by atoms with E-state index in [4.69, 9.17) is 5.73 Å². The molecule has 0 radical (unpaired) electrons. The second-order valence-electron chi connectivity index (χ2n) is 3.86. The van der Waals surface area contributed by atoms with E-state index in [1.54, 1.807) is 18.2 Å². The van der Waals surface area contributed by atoms with Crippen molar-refractivity contribution in [2.75, 3.05) is 11.1 Å². The van der Waals surface area contributed by atoms with Crippen LogP contribution in [-0.2, 0) is 0 Å². The first-order chi connectivity index (χ1) is 8.99. The van der Waals surface area contributed by atoms with E-state index in [0.717, 1.165) is 0 Å². The Hall–Kier alpha value is -2.21. The lowest BCUT2D eigenvalue weighted by molar-refractivity contribution is 0.102. The zero-order chi connectivity index (χ0) is 14.0. The summed E-state index contributed by atoms with van der Waals surface area (Å²) in [5.74, 6) is -1.17. The number of nitrogens with two attached hydrogens (primary N) is 1. The molecule has 0 saturated heterocycles. The van der Waals surface area contributed by atoms with Gasteiger partial charge in [-0.2, -0.15) is 0 Å². The van der Waals surface area contributed by atoms with Gasteiger partial charge in [-0.1, -0.05) is 6.07 Å². The number of benzene rings is 2. The molecule has 0 aromatic heterocycles. The van der Waals surface area contributed by atoms with E-state index < -0.39 is 5.91 Å². The summed E-state index contributed by atoms with van der Waals surface area (Å²) >= 11 is 3.25. The SMILES string of the molecule is Nc1ccc(NC(=O)c2c(O)cccc2O)cc1Br. The topological polar surface area (TPSA) is 95.6 Å². The van der Waals surface area contributed by atoms with Gasteiger partial charge < -0.3 is 21.3 Å². The van der Waals surface area contributed by atoms with Crippen LogP contribution in [0.1, 0.15) is 10.4 Å². The molecule has 0 atom stereocenters. The van der Waals surface area contributed by atoms with E-state index >= 15 is 0 Å². The van der Waals surface area contributed by atoms with E-state index in [-0.39, 0.29) is 17.1 Å². The molecule has 0 aliphatic carbocycles. The van der Waals surface area contributed by atoms with E-state index in [1.807, 2.05) is 0 Å². The van der Waals surface area contributed by atoms with Gasteiger partial charge in [0.2, 0.25) is 0 Å².